The molecule has 0 saturated carbocycles. The molecule has 0 fully saturated rings. The van der Waals surface area contributed by atoms with Gasteiger partial charge in [-0.25, -0.2) is 4.39 Å². The Balaban J connectivity index is 2.23. The summed E-state index contributed by atoms with van der Waals surface area (Å²) in [7, 11) is 0. The molecule has 0 amide bonds. The maximum absolute atomic E-state index is 14.3. The van der Waals surface area contributed by atoms with Crippen molar-refractivity contribution < 1.29 is 4.39 Å². The Bertz CT molecular complexity index is 815. The summed E-state index contributed by atoms with van der Waals surface area (Å²) in [5.41, 5.74) is 7.46. The summed E-state index contributed by atoms with van der Waals surface area (Å²) in [6.45, 7) is 1.64. The molecule has 0 atom stereocenters. The van der Waals surface area contributed by atoms with E-state index in [9.17, 15) is 4.39 Å². The standard InChI is InChI=1S/C14H11ClFN5/c1-8-6-9(17)7-10(13(8)16)14-18-19-20-21(14)12-5-3-2-4-11(12)15/h2-7H,17H2,1H3. The average molecular weight is 304 g/mol. The van der Waals surface area contributed by atoms with Crippen LogP contribution in [0.15, 0.2) is 36.4 Å². The van der Waals surface area contributed by atoms with E-state index in [0.29, 0.717) is 22.0 Å². The zero-order valence-electron chi connectivity index (χ0n) is 11.1. The molecule has 0 bridgehead atoms. The smallest absolute Gasteiger partial charge is 0.190 e. The van der Waals surface area contributed by atoms with Gasteiger partial charge >= 0.3 is 0 Å². The zero-order valence-corrected chi connectivity index (χ0v) is 11.8. The van der Waals surface area contributed by atoms with Crippen LogP contribution >= 0.6 is 11.6 Å². The van der Waals surface area contributed by atoms with Crippen LogP contribution in [0.2, 0.25) is 5.02 Å². The van der Waals surface area contributed by atoms with Crippen molar-refractivity contribution in [3.63, 3.8) is 0 Å². The molecule has 1 heterocycles. The highest BCUT2D eigenvalue weighted by molar-refractivity contribution is 6.32. The summed E-state index contributed by atoms with van der Waals surface area (Å²) < 4.78 is 15.7. The highest BCUT2D eigenvalue weighted by Crippen LogP contribution is 2.29. The van der Waals surface area contributed by atoms with E-state index in [1.165, 1.54) is 10.7 Å². The van der Waals surface area contributed by atoms with Crippen LogP contribution in [0.5, 0.6) is 0 Å². The Morgan fingerprint density at radius 3 is 2.76 bits per heavy atom. The SMILES string of the molecule is Cc1cc(N)cc(-c2nnnn2-c2ccccc2Cl)c1F. The third-order valence-electron chi connectivity index (χ3n) is 3.07. The van der Waals surface area contributed by atoms with Gasteiger partial charge in [-0.3, -0.25) is 0 Å². The number of nitrogen functional groups attached to an aromatic ring is 1. The van der Waals surface area contributed by atoms with Crippen LogP contribution in [-0.2, 0) is 0 Å². The second-order valence-electron chi connectivity index (χ2n) is 4.57. The molecule has 0 aliphatic carbocycles. The van der Waals surface area contributed by atoms with E-state index in [1.54, 1.807) is 37.3 Å². The Morgan fingerprint density at radius 1 is 1.24 bits per heavy atom. The van der Waals surface area contributed by atoms with Crippen molar-refractivity contribution in [1.29, 1.82) is 0 Å². The van der Waals surface area contributed by atoms with Gasteiger partial charge in [0.25, 0.3) is 0 Å². The maximum atomic E-state index is 14.3. The van der Waals surface area contributed by atoms with Crippen molar-refractivity contribution in [2.45, 2.75) is 6.92 Å². The minimum atomic E-state index is -0.410. The quantitative estimate of drug-likeness (QED) is 0.739. The average Bonchev–Trinajstić information content (AvgIpc) is 2.92. The molecular weight excluding hydrogens is 293 g/mol. The Morgan fingerprint density at radius 2 is 2.00 bits per heavy atom. The Hall–Kier alpha value is -2.47. The summed E-state index contributed by atoms with van der Waals surface area (Å²) in [4.78, 5) is 0. The highest BCUT2D eigenvalue weighted by Gasteiger charge is 2.18. The number of hydrogen-bond donors (Lipinski definition) is 1. The van der Waals surface area contributed by atoms with Crippen LogP contribution in [0.3, 0.4) is 0 Å². The van der Waals surface area contributed by atoms with Gasteiger partial charge in [-0.1, -0.05) is 23.7 Å². The molecule has 0 aliphatic heterocycles. The molecule has 1 aromatic heterocycles. The predicted octanol–water partition coefficient (Wildman–Crippen LogP) is 3.01. The lowest BCUT2D eigenvalue weighted by Crippen LogP contribution is -2.03. The van der Waals surface area contributed by atoms with Gasteiger partial charge in [-0.2, -0.15) is 4.68 Å². The summed E-state index contributed by atoms with van der Waals surface area (Å²) in [5, 5.41) is 11.9. The molecule has 0 aliphatic rings. The van der Waals surface area contributed by atoms with E-state index in [2.05, 4.69) is 15.5 Å². The van der Waals surface area contributed by atoms with Gasteiger partial charge in [0.15, 0.2) is 5.82 Å². The fourth-order valence-electron chi connectivity index (χ4n) is 2.10. The first-order chi connectivity index (χ1) is 10.1. The van der Waals surface area contributed by atoms with Crippen LogP contribution in [0.1, 0.15) is 5.56 Å². The topological polar surface area (TPSA) is 69.6 Å². The van der Waals surface area contributed by atoms with Crippen molar-refractivity contribution in [2.75, 3.05) is 5.73 Å². The molecule has 7 heteroatoms. The van der Waals surface area contributed by atoms with Gasteiger partial charge in [0, 0.05) is 5.69 Å². The predicted molar refractivity (Wildman–Crippen MR) is 78.7 cm³/mol. The maximum Gasteiger partial charge on any atom is 0.190 e. The van der Waals surface area contributed by atoms with E-state index in [-0.39, 0.29) is 11.4 Å². The normalized spacial score (nSPS) is 10.8. The molecule has 0 saturated heterocycles. The number of halogens is 2. The second-order valence-corrected chi connectivity index (χ2v) is 4.97. The number of anilines is 1. The van der Waals surface area contributed by atoms with Gasteiger partial charge < -0.3 is 5.73 Å². The van der Waals surface area contributed by atoms with E-state index < -0.39 is 5.82 Å². The van der Waals surface area contributed by atoms with Crippen LogP contribution in [0, 0.1) is 12.7 Å². The summed E-state index contributed by atoms with van der Waals surface area (Å²) >= 11 is 6.14. The third kappa shape index (κ3) is 2.34. The first-order valence-electron chi connectivity index (χ1n) is 6.17. The lowest BCUT2D eigenvalue weighted by molar-refractivity contribution is 0.620. The first-order valence-corrected chi connectivity index (χ1v) is 6.55. The zero-order chi connectivity index (χ0) is 15.0. The molecule has 0 unspecified atom stereocenters. The molecule has 0 spiro atoms. The number of rotatable bonds is 2. The third-order valence-corrected chi connectivity index (χ3v) is 3.39. The number of benzene rings is 2. The van der Waals surface area contributed by atoms with Crippen molar-refractivity contribution in [2.24, 2.45) is 0 Å². The fourth-order valence-corrected chi connectivity index (χ4v) is 2.32. The number of nitrogens with two attached hydrogens (primary N) is 1. The molecule has 3 aromatic rings. The highest BCUT2D eigenvalue weighted by atomic mass is 35.5. The first kappa shape index (κ1) is 13.5. The number of para-hydroxylation sites is 1. The molecule has 21 heavy (non-hydrogen) atoms. The van der Waals surface area contributed by atoms with Crippen molar-refractivity contribution in [3.05, 3.63) is 52.8 Å². The van der Waals surface area contributed by atoms with Crippen molar-refractivity contribution in [3.8, 4) is 17.1 Å². The lowest BCUT2D eigenvalue weighted by Gasteiger charge is -2.09. The van der Waals surface area contributed by atoms with E-state index in [1.807, 2.05) is 0 Å². The Kier molecular flexibility index (Phi) is 3.31. The van der Waals surface area contributed by atoms with Gasteiger partial charge in [0.05, 0.1) is 16.3 Å². The van der Waals surface area contributed by atoms with E-state index in [0.717, 1.165) is 0 Å². The summed E-state index contributed by atoms with van der Waals surface area (Å²) in [6.07, 6.45) is 0. The van der Waals surface area contributed by atoms with Gasteiger partial charge in [-0.15, -0.1) is 5.10 Å². The monoisotopic (exact) mass is 303 g/mol. The van der Waals surface area contributed by atoms with Crippen molar-refractivity contribution >= 4 is 17.3 Å². The molecule has 0 radical (unpaired) electrons. The molecule has 5 nitrogen and oxygen atoms in total. The number of aryl methyl sites for hydroxylation is 1. The molecule has 2 aromatic carbocycles. The molecular formula is C14H11ClFN5. The van der Waals surface area contributed by atoms with Crippen LogP contribution < -0.4 is 5.73 Å². The molecule has 3 rings (SSSR count). The Labute approximate surface area is 125 Å². The summed E-state index contributed by atoms with van der Waals surface area (Å²) in [5.74, 6) is -0.164. The number of nitrogens with zero attached hydrogens (tertiary/aromatic N) is 4. The van der Waals surface area contributed by atoms with Gasteiger partial charge in [-0.05, 0) is 47.2 Å². The lowest BCUT2D eigenvalue weighted by atomic mass is 10.1. The molecule has 2 N–H and O–H groups in total. The largest absolute Gasteiger partial charge is 0.399 e. The number of tetrazole rings is 1. The molecule has 106 valence electrons. The van der Waals surface area contributed by atoms with E-state index >= 15 is 0 Å². The minimum absolute atomic E-state index is 0.234. The fraction of sp³-hybridized carbons (Fsp3) is 0.0714. The minimum Gasteiger partial charge on any atom is -0.399 e. The summed E-state index contributed by atoms with van der Waals surface area (Å²) in [6, 6.07) is 10.1. The van der Waals surface area contributed by atoms with Crippen LogP contribution in [0.25, 0.3) is 17.1 Å². The van der Waals surface area contributed by atoms with Gasteiger partial charge in [0.1, 0.15) is 5.82 Å². The number of hydrogen-bond acceptors (Lipinski definition) is 4. The van der Waals surface area contributed by atoms with Crippen LogP contribution in [0.4, 0.5) is 10.1 Å². The van der Waals surface area contributed by atoms with Crippen molar-refractivity contribution in [1.82, 2.24) is 20.2 Å². The number of aromatic nitrogens is 4. The second kappa shape index (κ2) is 5.14. The van der Waals surface area contributed by atoms with Gasteiger partial charge in [0.2, 0.25) is 0 Å². The van der Waals surface area contributed by atoms with E-state index in [4.69, 9.17) is 17.3 Å². The van der Waals surface area contributed by atoms with Crippen LogP contribution in [-0.4, -0.2) is 20.2 Å².